The molecule has 7 atom stereocenters. The zero-order valence-corrected chi connectivity index (χ0v) is 41.0. The second-order valence-electron chi connectivity index (χ2n) is 18.3. The minimum Gasteiger partial charge on any atom is -0.508 e. The number of phenols is 1. The highest BCUT2D eigenvalue weighted by Crippen LogP contribution is 2.23. The van der Waals surface area contributed by atoms with E-state index < -0.39 is 83.6 Å². The van der Waals surface area contributed by atoms with Gasteiger partial charge in [-0.2, -0.15) is 11.8 Å². The molecule has 6 rings (SSSR count). The maximum atomic E-state index is 14.8. The van der Waals surface area contributed by atoms with E-state index in [1.807, 2.05) is 50.4 Å². The number of nitrogens with one attached hydrogen (secondary N) is 7. The van der Waals surface area contributed by atoms with Crippen molar-refractivity contribution in [1.82, 2.24) is 46.4 Å². The van der Waals surface area contributed by atoms with Crippen molar-refractivity contribution in [3.05, 3.63) is 120 Å². The number of imidazole rings is 1. The molecule has 7 amide bonds. The summed E-state index contributed by atoms with van der Waals surface area (Å²) in [7, 11) is 0. The molecule has 2 aromatic heterocycles. The van der Waals surface area contributed by atoms with Crippen LogP contribution < -0.4 is 38.1 Å². The topological polar surface area (TPSA) is 300 Å². The highest BCUT2D eigenvalue weighted by atomic mass is 32.2. The Labute approximate surface area is 416 Å². The summed E-state index contributed by atoms with van der Waals surface area (Å²) in [5, 5.41) is 24.7. The number of aromatic nitrogens is 3. The Morgan fingerprint density at radius 3 is 2.00 bits per heavy atom. The quantitative estimate of drug-likeness (QED) is 0.0403. The lowest BCUT2D eigenvalue weighted by Gasteiger charge is -2.29. The van der Waals surface area contributed by atoms with E-state index in [0.29, 0.717) is 41.8 Å². The molecule has 12 N–H and O–H groups in total. The van der Waals surface area contributed by atoms with Gasteiger partial charge in [-0.25, -0.2) is 4.98 Å². The Morgan fingerprint density at radius 2 is 1.35 bits per heavy atom. The minimum absolute atomic E-state index is 0.000344. The maximum Gasteiger partial charge on any atom is 0.243 e. The van der Waals surface area contributed by atoms with Crippen LogP contribution in [0.2, 0.25) is 0 Å². The summed E-state index contributed by atoms with van der Waals surface area (Å²) >= 11 is 1.49. The van der Waals surface area contributed by atoms with Gasteiger partial charge in [0.15, 0.2) is 0 Å². The number of amides is 7. The fraction of sp³-hybridized carbons (Fsp3) is 0.412. The molecule has 3 aromatic carbocycles. The number of primary amides is 1. The number of rotatable bonds is 25. The molecule has 71 heavy (non-hydrogen) atoms. The van der Waals surface area contributed by atoms with Crippen molar-refractivity contribution in [3.63, 3.8) is 0 Å². The second kappa shape index (κ2) is 25.6. The molecule has 0 spiro atoms. The van der Waals surface area contributed by atoms with Crippen molar-refractivity contribution in [2.45, 2.75) is 108 Å². The van der Waals surface area contributed by atoms with E-state index in [-0.39, 0.29) is 50.3 Å². The van der Waals surface area contributed by atoms with Gasteiger partial charge in [-0.3, -0.25) is 33.6 Å². The largest absolute Gasteiger partial charge is 0.508 e. The van der Waals surface area contributed by atoms with Gasteiger partial charge in [0.25, 0.3) is 0 Å². The van der Waals surface area contributed by atoms with Crippen molar-refractivity contribution in [2.75, 3.05) is 18.6 Å². The van der Waals surface area contributed by atoms with E-state index in [0.717, 1.165) is 16.5 Å². The molecule has 5 aromatic rings. The predicted molar refractivity (Wildman–Crippen MR) is 270 cm³/mol. The molecule has 1 fully saturated rings. The van der Waals surface area contributed by atoms with E-state index in [1.165, 1.54) is 41.3 Å². The second-order valence-corrected chi connectivity index (χ2v) is 19.3. The first-order valence-corrected chi connectivity index (χ1v) is 25.2. The molecule has 20 heteroatoms. The van der Waals surface area contributed by atoms with Gasteiger partial charge in [-0.05, 0) is 84.9 Å². The van der Waals surface area contributed by atoms with Gasteiger partial charge in [0.2, 0.25) is 41.4 Å². The van der Waals surface area contributed by atoms with Gasteiger partial charge in [0.1, 0.15) is 42.0 Å². The van der Waals surface area contributed by atoms with E-state index >= 15 is 0 Å². The van der Waals surface area contributed by atoms with Crippen molar-refractivity contribution >= 4 is 64.0 Å². The van der Waals surface area contributed by atoms with Gasteiger partial charge in [-0.1, -0.05) is 74.5 Å². The molecule has 0 bridgehead atoms. The predicted octanol–water partition coefficient (Wildman–Crippen LogP) is 1.89. The Kier molecular flexibility index (Phi) is 19.2. The molecule has 0 radical (unpaired) electrons. The Balaban J connectivity index is 1.25. The standard InChI is InChI=1S/C51H65N11O8S/c1-30(2)22-40(46(65)57-39(45(53)64)19-21-71-3)58-49(68)43(26-34-28-54-29-56-34)60-47(66)41(24-31-10-5-4-6-11-31)59-48(67)42(25-33-27-55-38-13-8-7-12-36(33)38)61-50(69)44-14-9-20-62(44)51(70)37(52)23-32-15-17-35(63)18-16-32/h4-8,10-13,15-18,27-30,37,39-44,55,63H,9,14,19-26,52H2,1-3H3,(H2,53,64)(H,54,56)(H,57,65)(H,58,68)(H,59,67)(H,60,66)(H,61,69). The number of nitrogens with two attached hydrogens (primary N) is 2. The lowest BCUT2D eigenvalue weighted by atomic mass is 10.00. The molecule has 1 aliphatic rings. The van der Waals surface area contributed by atoms with Gasteiger partial charge >= 0.3 is 0 Å². The van der Waals surface area contributed by atoms with Crippen LogP contribution in [0.1, 0.15) is 61.9 Å². The summed E-state index contributed by atoms with van der Waals surface area (Å²) in [6, 6.07) is 15.0. The molecule has 0 saturated carbocycles. The molecule has 378 valence electrons. The number of aromatic hydroxyl groups is 1. The SMILES string of the molecule is CSCCC(NC(=O)C(CC(C)C)NC(=O)C(Cc1cnc[nH]1)NC(=O)C(Cc1ccccc1)NC(=O)C(Cc1c[nH]c2ccccc12)NC(=O)C1CCCN1C(=O)C(N)Cc1ccc(O)cc1)C(N)=O. The molecule has 0 aliphatic carbocycles. The lowest BCUT2D eigenvalue weighted by Crippen LogP contribution is -2.60. The number of benzene rings is 3. The zero-order valence-electron chi connectivity index (χ0n) is 40.2. The third kappa shape index (κ3) is 15.2. The van der Waals surface area contributed by atoms with Crippen LogP contribution in [0.5, 0.6) is 5.75 Å². The zero-order chi connectivity index (χ0) is 51.0. The summed E-state index contributed by atoms with van der Waals surface area (Å²) < 4.78 is 0. The lowest BCUT2D eigenvalue weighted by molar-refractivity contribution is -0.140. The number of nitrogens with zero attached hydrogens (tertiary/aromatic N) is 2. The fourth-order valence-electron chi connectivity index (χ4n) is 8.68. The normalized spacial score (nSPS) is 16.0. The number of H-pyrrole nitrogens is 2. The summed E-state index contributed by atoms with van der Waals surface area (Å²) in [4.78, 5) is 110. The number of hydrogen-bond donors (Lipinski definition) is 10. The molecule has 1 aliphatic heterocycles. The molecular formula is C51H65N11O8S. The number of phenolic OH excluding ortho intramolecular Hbond substituents is 1. The Morgan fingerprint density at radius 1 is 0.746 bits per heavy atom. The van der Waals surface area contributed by atoms with Gasteiger partial charge in [0, 0.05) is 54.8 Å². The molecule has 1 saturated heterocycles. The number of fused-ring (bicyclic) bond motifs is 1. The third-order valence-electron chi connectivity index (χ3n) is 12.4. The number of carbonyl (C=O) groups excluding carboxylic acids is 7. The summed E-state index contributed by atoms with van der Waals surface area (Å²) in [5.74, 6) is -3.89. The number of likely N-dealkylation sites (tertiary alicyclic amines) is 1. The van der Waals surface area contributed by atoms with E-state index in [4.69, 9.17) is 11.5 Å². The van der Waals surface area contributed by atoms with Crippen LogP contribution in [-0.4, -0.2) is 127 Å². The summed E-state index contributed by atoms with van der Waals surface area (Å²) in [6.45, 7) is 4.03. The number of para-hydroxylation sites is 1. The first-order chi connectivity index (χ1) is 34.1. The molecule has 3 heterocycles. The average molecular weight is 992 g/mol. The van der Waals surface area contributed by atoms with Crippen molar-refractivity contribution < 1.29 is 38.7 Å². The van der Waals surface area contributed by atoms with Crippen LogP contribution in [-0.2, 0) is 59.2 Å². The van der Waals surface area contributed by atoms with E-state index in [9.17, 15) is 38.7 Å². The van der Waals surface area contributed by atoms with Crippen LogP contribution in [0.4, 0.5) is 0 Å². The average Bonchev–Trinajstić information content (AvgIpc) is 4.15. The summed E-state index contributed by atoms with van der Waals surface area (Å²) in [6.07, 6.45) is 7.96. The first-order valence-electron chi connectivity index (χ1n) is 23.8. The summed E-state index contributed by atoms with van der Waals surface area (Å²) in [5.41, 5.74) is 15.4. The third-order valence-corrected chi connectivity index (χ3v) is 13.1. The van der Waals surface area contributed by atoms with Crippen LogP contribution in [0.3, 0.4) is 0 Å². The molecule has 7 unspecified atom stereocenters. The monoisotopic (exact) mass is 991 g/mol. The number of thioether (sulfide) groups is 1. The van der Waals surface area contributed by atoms with E-state index in [1.54, 1.807) is 42.6 Å². The highest BCUT2D eigenvalue weighted by Gasteiger charge is 2.39. The first kappa shape index (κ1) is 53.2. The number of aromatic amines is 2. The van der Waals surface area contributed by atoms with Crippen molar-refractivity contribution in [3.8, 4) is 5.75 Å². The maximum absolute atomic E-state index is 14.8. The smallest absolute Gasteiger partial charge is 0.243 e. The van der Waals surface area contributed by atoms with Crippen LogP contribution >= 0.6 is 11.8 Å². The number of hydrogen-bond acceptors (Lipinski definition) is 11. The van der Waals surface area contributed by atoms with Gasteiger partial charge in [0.05, 0.1) is 12.4 Å². The van der Waals surface area contributed by atoms with Gasteiger partial charge < -0.3 is 58.0 Å². The Bertz CT molecular complexity index is 2590. The number of carbonyl (C=O) groups is 7. The molecule has 19 nitrogen and oxygen atoms in total. The van der Waals surface area contributed by atoms with Crippen LogP contribution in [0.25, 0.3) is 10.9 Å². The van der Waals surface area contributed by atoms with Crippen LogP contribution in [0, 0.1) is 5.92 Å². The van der Waals surface area contributed by atoms with Gasteiger partial charge in [-0.15, -0.1) is 0 Å². The highest BCUT2D eigenvalue weighted by molar-refractivity contribution is 7.98. The minimum atomic E-state index is -1.30. The van der Waals surface area contributed by atoms with E-state index in [2.05, 4.69) is 41.5 Å². The fourth-order valence-corrected chi connectivity index (χ4v) is 9.16. The Hall–Kier alpha value is -7.19. The van der Waals surface area contributed by atoms with Crippen molar-refractivity contribution in [1.29, 1.82) is 0 Å². The van der Waals surface area contributed by atoms with Crippen LogP contribution in [0.15, 0.2) is 97.6 Å². The van der Waals surface area contributed by atoms with Crippen molar-refractivity contribution in [2.24, 2.45) is 17.4 Å². The molecular weight excluding hydrogens is 927 g/mol.